The zero-order valence-corrected chi connectivity index (χ0v) is 16.4. The number of rotatable bonds is 1. The van der Waals surface area contributed by atoms with Gasteiger partial charge in [-0.1, -0.05) is 0 Å². The quantitative estimate of drug-likeness (QED) is 0.769. The zero-order chi connectivity index (χ0) is 19.3. The fourth-order valence-corrected chi connectivity index (χ4v) is 4.28. The summed E-state index contributed by atoms with van der Waals surface area (Å²) in [4.78, 5) is 28.4. The van der Waals surface area contributed by atoms with E-state index in [2.05, 4.69) is 4.90 Å². The number of nitrogens with zero attached hydrogens (tertiary/aromatic N) is 3. The van der Waals surface area contributed by atoms with Crippen LogP contribution in [0, 0.1) is 5.92 Å². The van der Waals surface area contributed by atoms with Crippen LogP contribution in [0.3, 0.4) is 0 Å². The number of oxazole rings is 1. The number of aryl methyl sites for hydroxylation is 1. The molecule has 0 N–H and O–H groups in total. The number of anilines is 1. The smallest absolute Gasteiger partial charge is 0.419 e. The molecule has 0 bridgehead atoms. The molecule has 0 aliphatic carbocycles. The molecular formula is C20H27N3O4. The summed E-state index contributed by atoms with van der Waals surface area (Å²) in [6.07, 6.45) is 1.96. The van der Waals surface area contributed by atoms with E-state index >= 15 is 0 Å². The first-order valence-corrected chi connectivity index (χ1v) is 9.57. The van der Waals surface area contributed by atoms with Crippen molar-refractivity contribution in [3.05, 3.63) is 28.7 Å². The van der Waals surface area contributed by atoms with Crippen LogP contribution in [0.1, 0.15) is 33.6 Å². The normalized spacial score (nSPS) is 23.0. The summed E-state index contributed by atoms with van der Waals surface area (Å²) >= 11 is 0. The van der Waals surface area contributed by atoms with E-state index in [4.69, 9.17) is 9.15 Å². The van der Waals surface area contributed by atoms with Crippen LogP contribution in [0.4, 0.5) is 10.5 Å². The van der Waals surface area contributed by atoms with E-state index in [-0.39, 0.29) is 17.9 Å². The lowest BCUT2D eigenvalue weighted by Gasteiger charge is -2.38. The van der Waals surface area contributed by atoms with Gasteiger partial charge in [-0.25, -0.2) is 9.59 Å². The first kappa shape index (κ1) is 17.9. The maximum Gasteiger partial charge on any atom is 0.419 e. The molecule has 2 atom stereocenters. The van der Waals surface area contributed by atoms with Crippen molar-refractivity contribution in [2.75, 3.05) is 24.5 Å². The summed E-state index contributed by atoms with van der Waals surface area (Å²) in [6, 6.07) is 6.17. The number of carbonyl (C=O) groups excluding carboxylic acids is 1. The summed E-state index contributed by atoms with van der Waals surface area (Å²) in [6.45, 7) is 8.01. The minimum Gasteiger partial charge on any atom is -0.444 e. The second-order valence-corrected chi connectivity index (χ2v) is 8.63. The van der Waals surface area contributed by atoms with Gasteiger partial charge in [-0.05, 0) is 51.7 Å². The SMILES string of the molecule is Cn1c(=O)oc2cc(N3CCC[C@H]4CN(C(=O)OC(C)(C)C)C[C@H]43)ccc21. The lowest BCUT2D eigenvalue weighted by Crippen LogP contribution is -2.45. The predicted octanol–water partition coefficient (Wildman–Crippen LogP) is 2.97. The minimum absolute atomic E-state index is 0.235. The summed E-state index contributed by atoms with van der Waals surface area (Å²) < 4.78 is 12.4. The van der Waals surface area contributed by atoms with E-state index in [1.165, 1.54) is 4.57 Å². The van der Waals surface area contributed by atoms with Gasteiger partial charge in [0, 0.05) is 38.4 Å². The molecule has 3 heterocycles. The Labute approximate surface area is 158 Å². The third kappa shape index (κ3) is 3.31. The van der Waals surface area contributed by atoms with E-state index in [0.717, 1.165) is 37.1 Å². The van der Waals surface area contributed by atoms with E-state index in [0.29, 0.717) is 18.0 Å². The molecule has 0 unspecified atom stereocenters. The Kier molecular flexibility index (Phi) is 4.20. The van der Waals surface area contributed by atoms with E-state index < -0.39 is 5.60 Å². The van der Waals surface area contributed by atoms with Gasteiger partial charge in [-0.2, -0.15) is 0 Å². The molecule has 1 aromatic heterocycles. The second kappa shape index (κ2) is 6.32. The topological polar surface area (TPSA) is 67.9 Å². The fraction of sp³-hybridized carbons (Fsp3) is 0.600. The maximum absolute atomic E-state index is 12.5. The molecule has 7 heteroatoms. The average molecular weight is 373 g/mol. The number of ether oxygens (including phenoxy) is 1. The van der Waals surface area contributed by atoms with Gasteiger partial charge in [0.25, 0.3) is 0 Å². The molecule has 2 saturated heterocycles. The van der Waals surface area contributed by atoms with Crippen molar-refractivity contribution in [2.45, 2.75) is 45.3 Å². The molecule has 2 aliphatic rings. The van der Waals surface area contributed by atoms with Gasteiger partial charge in [0.05, 0.1) is 11.6 Å². The van der Waals surface area contributed by atoms with E-state index in [1.807, 2.05) is 43.9 Å². The number of fused-ring (bicyclic) bond motifs is 2. The van der Waals surface area contributed by atoms with Crippen molar-refractivity contribution in [2.24, 2.45) is 13.0 Å². The monoisotopic (exact) mass is 373 g/mol. The Morgan fingerprint density at radius 1 is 1.26 bits per heavy atom. The largest absolute Gasteiger partial charge is 0.444 e. The lowest BCUT2D eigenvalue weighted by molar-refractivity contribution is 0.0287. The highest BCUT2D eigenvalue weighted by Crippen LogP contribution is 2.35. The summed E-state index contributed by atoms with van der Waals surface area (Å²) in [5, 5.41) is 0. The first-order valence-electron chi connectivity index (χ1n) is 9.57. The number of piperidine rings is 1. The molecule has 7 nitrogen and oxygen atoms in total. The van der Waals surface area contributed by atoms with Gasteiger partial charge in [-0.3, -0.25) is 4.57 Å². The third-order valence-electron chi connectivity index (χ3n) is 5.54. The van der Waals surface area contributed by atoms with Gasteiger partial charge >= 0.3 is 11.8 Å². The Morgan fingerprint density at radius 3 is 2.78 bits per heavy atom. The highest BCUT2D eigenvalue weighted by atomic mass is 16.6. The molecule has 146 valence electrons. The van der Waals surface area contributed by atoms with Crippen molar-refractivity contribution >= 4 is 22.9 Å². The Hall–Kier alpha value is -2.44. The van der Waals surface area contributed by atoms with Crippen LogP contribution in [0.15, 0.2) is 27.4 Å². The highest BCUT2D eigenvalue weighted by Gasteiger charge is 2.42. The van der Waals surface area contributed by atoms with Crippen molar-refractivity contribution in [1.29, 1.82) is 0 Å². The number of carbonyl (C=O) groups is 1. The number of benzene rings is 1. The molecule has 0 saturated carbocycles. The third-order valence-corrected chi connectivity index (χ3v) is 5.54. The summed E-state index contributed by atoms with van der Waals surface area (Å²) in [5.74, 6) is 0.0837. The minimum atomic E-state index is -0.486. The van der Waals surface area contributed by atoms with Gasteiger partial charge in [0.1, 0.15) is 5.60 Å². The average Bonchev–Trinajstić information content (AvgIpc) is 3.14. The highest BCUT2D eigenvalue weighted by molar-refractivity contribution is 5.78. The number of hydrogen-bond acceptors (Lipinski definition) is 5. The Balaban J connectivity index is 1.57. The molecule has 2 aliphatic heterocycles. The Morgan fingerprint density at radius 2 is 2.04 bits per heavy atom. The van der Waals surface area contributed by atoms with Crippen LogP contribution in [0.5, 0.6) is 0 Å². The molecule has 2 aromatic rings. The van der Waals surface area contributed by atoms with Crippen molar-refractivity contribution in [3.8, 4) is 0 Å². The number of hydrogen-bond donors (Lipinski definition) is 0. The Bertz CT molecular complexity index is 923. The fourth-order valence-electron chi connectivity index (χ4n) is 4.28. The molecule has 0 spiro atoms. The van der Waals surface area contributed by atoms with Gasteiger partial charge in [0.15, 0.2) is 5.58 Å². The van der Waals surface area contributed by atoms with Crippen molar-refractivity contribution < 1.29 is 13.9 Å². The van der Waals surface area contributed by atoms with E-state index in [9.17, 15) is 9.59 Å². The molecule has 4 rings (SSSR count). The number of aromatic nitrogens is 1. The summed E-state index contributed by atoms with van der Waals surface area (Å²) in [7, 11) is 1.71. The van der Waals surface area contributed by atoms with Crippen LogP contribution in [0.25, 0.3) is 11.1 Å². The second-order valence-electron chi connectivity index (χ2n) is 8.63. The molecule has 2 fully saturated rings. The molecule has 1 aromatic carbocycles. The predicted molar refractivity (Wildman–Crippen MR) is 103 cm³/mol. The first-order chi connectivity index (χ1) is 12.7. The van der Waals surface area contributed by atoms with Gasteiger partial charge < -0.3 is 19.0 Å². The van der Waals surface area contributed by atoms with Crippen molar-refractivity contribution in [1.82, 2.24) is 9.47 Å². The number of likely N-dealkylation sites (tertiary alicyclic amines) is 1. The molecular weight excluding hydrogens is 346 g/mol. The van der Waals surface area contributed by atoms with Crippen LogP contribution in [-0.4, -0.2) is 46.8 Å². The molecule has 1 amide bonds. The van der Waals surface area contributed by atoms with E-state index in [1.54, 1.807) is 7.05 Å². The van der Waals surface area contributed by atoms with Crippen LogP contribution >= 0.6 is 0 Å². The molecule has 0 radical (unpaired) electrons. The maximum atomic E-state index is 12.5. The van der Waals surface area contributed by atoms with Crippen LogP contribution < -0.4 is 10.7 Å². The lowest BCUT2D eigenvalue weighted by atomic mass is 9.91. The zero-order valence-electron chi connectivity index (χ0n) is 16.4. The van der Waals surface area contributed by atoms with Gasteiger partial charge in [-0.15, -0.1) is 0 Å². The standard InChI is InChI=1S/C20H27N3O4/c1-20(2,3)27-19(25)22-11-13-6-5-9-23(16(13)12-22)14-7-8-15-17(10-14)26-18(24)21(15)4/h7-8,10,13,16H,5-6,9,11-12H2,1-4H3/t13-,16+/m0/s1. The number of amides is 1. The van der Waals surface area contributed by atoms with Gasteiger partial charge in [0.2, 0.25) is 0 Å². The molecule has 27 heavy (non-hydrogen) atoms. The van der Waals surface area contributed by atoms with Crippen molar-refractivity contribution in [3.63, 3.8) is 0 Å². The van der Waals surface area contributed by atoms with Crippen LogP contribution in [-0.2, 0) is 11.8 Å². The van der Waals surface area contributed by atoms with Crippen LogP contribution in [0.2, 0.25) is 0 Å². The summed E-state index contributed by atoms with van der Waals surface area (Å²) in [5.41, 5.74) is 1.95.